The molecule has 0 saturated heterocycles. The standard InChI is InChI=1S/C11H5BrCl2N4/c12-7-1-6(2-8(13)3-7)11-17-16-10-4-9(14)15-5-18(10)11/h1-5H. The van der Waals surface area contributed by atoms with Crippen molar-refractivity contribution in [3.8, 4) is 11.4 Å². The van der Waals surface area contributed by atoms with Gasteiger partial charge in [0.05, 0.1) is 0 Å². The quantitative estimate of drug-likeness (QED) is 0.630. The van der Waals surface area contributed by atoms with Gasteiger partial charge in [-0.05, 0) is 18.2 Å². The summed E-state index contributed by atoms with van der Waals surface area (Å²) in [5, 5.41) is 9.18. The average Bonchev–Trinajstić information content (AvgIpc) is 2.70. The Morgan fingerprint density at radius 3 is 2.67 bits per heavy atom. The predicted octanol–water partition coefficient (Wildman–Crippen LogP) is 3.86. The van der Waals surface area contributed by atoms with E-state index in [4.69, 9.17) is 23.2 Å². The number of halogens is 3. The lowest BCUT2D eigenvalue weighted by atomic mass is 10.2. The third-order valence-electron chi connectivity index (χ3n) is 2.39. The molecule has 0 aliphatic heterocycles. The fraction of sp³-hybridized carbons (Fsp3) is 0. The molecule has 2 heterocycles. The van der Waals surface area contributed by atoms with Crippen LogP contribution in [0.2, 0.25) is 10.2 Å². The molecule has 4 nitrogen and oxygen atoms in total. The Kier molecular flexibility index (Phi) is 2.97. The summed E-state index contributed by atoms with van der Waals surface area (Å²) in [6.07, 6.45) is 1.59. The van der Waals surface area contributed by atoms with E-state index in [1.165, 1.54) is 0 Å². The lowest BCUT2D eigenvalue weighted by Gasteiger charge is -2.01. The zero-order valence-corrected chi connectivity index (χ0v) is 11.9. The molecule has 0 spiro atoms. The van der Waals surface area contributed by atoms with Crippen LogP contribution in [0.3, 0.4) is 0 Å². The molecular formula is C11H5BrCl2N4. The van der Waals surface area contributed by atoms with E-state index in [9.17, 15) is 0 Å². The van der Waals surface area contributed by atoms with E-state index in [2.05, 4.69) is 31.1 Å². The van der Waals surface area contributed by atoms with E-state index in [1.54, 1.807) is 16.8 Å². The molecule has 0 radical (unpaired) electrons. The average molecular weight is 344 g/mol. The summed E-state index contributed by atoms with van der Waals surface area (Å²) >= 11 is 15.2. The number of aromatic nitrogens is 4. The molecule has 0 aliphatic carbocycles. The number of benzene rings is 1. The Hall–Kier alpha value is -1.17. The first-order chi connectivity index (χ1) is 8.63. The molecule has 3 rings (SSSR count). The molecule has 7 heteroatoms. The second-order valence-electron chi connectivity index (χ2n) is 3.62. The smallest absolute Gasteiger partial charge is 0.169 e. The molecule has 0 unspecified atom stereocenters. The topological polar surface area (TPSA) is 43.1 Å². The second kappa shape index (κ2) is 4.50. The number of nitrogens with zero attached hydrogens (tertiary/aromatic N) is 4. The Bertz CT molecular complexity index is 721. The zero-order chi connectivity index (χ0) is 12.7. The Morgan fingerprint density at radius 1 is 1.06 bits per heavy atom. The van der Waals surface area contributed by atoms with Gasteiger partial charge in [0.15, 0.2) is 11.5 Å². The van der Waals surface area contributed by atoms with Crippen LogP contribution in [-0.2, 0) is 0 Å². The summed E-state index contributed by atoms with van der Waals surface area (Å²) in [6, 6.07) is 7.19. The van der Waals surface area contributed by atoms with Crippen molar-refractivity contribution in [1.29, 1.82) is 0 Å². The van der Waals surface area contributed by atoms with Crippen molar-refractivity contribution in [3.63, 3.8) is 0 Å². The van der Waals surface area contributed by atoms with Gasteiger partial charge >= 0.3 is 0 Å². The molecule has 0 aliphatic rings. The highest BCUT2D eigenvalue weighted by Gasteiger charge is 2.10. The highest BCUT2D eigenvalue weighted by molar-refractivity contribution is 9.10. The molecule has 0 fully saturated rings. The molecule has 0 amide bonds. The minimum Gasteiger partial charge on any atom is -0.265 e. The SMILES string of the molecule is Clc1cc(Br)cc(-c2nnc3cc(Cl)ncn23)c1. The molecule has 2 aromatic heterocycles. The predicted molar refractivity (Wildman–Crippen MR) is 73.9 cm³/mol. The Morgan fingerprint density at radius 2 is 1.89 bits per heavy atom. The van der Waals surface area contributed by atoms with Crippen LogP contribution in [0.4, 0.5) is 0 Å². The third kappa shape index (κ3) is 2.09. The highest BCUT2D eigenvalue weighted by atomic mass is 79.9. The first kappa shape index (κ1) is 11.9. The van der Waals surface area contributed by atoms with Crippen molar-refractivity contribution >= 4 is 44.8 Å². The summed E-state index contributed by atoms with van der Waals surface area (Å²) in [5.74, 6) is 0.664. The monoisotopic (exact) mass is 342 g/mol. The normalized spacial score (nSPS) is 11.1. The van der Waals surface area contributed by atoms with Gasteiger partial charge in [0.1, 0.15) is 11.5 Å². The molecule has 0 saturated carbocycles. The summed E-state index contributed by atoms with van der Waals surface area (Å²) in [5.41, 5.74) is 1.49. The van der Waals surface area contributed by atoms with Gasteiger partial charge in [0.25, 0.3) is 0 Å². The summed E-state index contributed by atoms with van der Waals surface area (Å²) in [4.78, 5) is 4.01. The minimum atomic E-state index is 0.383. The fourth-order valence-electron chi connectivity index (χ4n) is 1.65. The molecule has 0 N–H and O–H groups in total. The van der Waals surface area contributed by atoms with Gasteiger partial charge in [-0.2, -0.15) is 0 Å². The van der Waals surface area contributed by atoms with E-state index in [0.717, 1.165) is 10.0 Å². The number of rotatable bonds is 1. The molecule has 0 bridgehead atoms. The fourth-order valence-corrected chi connectivity index (χ4v) is 2.65. The third-order valence-corrected chi connectivity index (χ3v) is 3.27. The van der Waals surface area contributed by atoms with Crippen LogP contribution in [-0.4, -0.2) is 19.6 Å². The highest BCUT2D eigenvalue weighted by Crippen LogP contribution is 2.26. The maximum atomic E-state index is 6.02. The van der Waals surface area contributed by atoms with E-state index in [0.29, 0.717) is 21.6 Å². The Balaban J connectivity index is 2.25. The van der Waals surface area contributed by atoms with Crippen LogP contribution in [0, 0.1) is 0 Å². The van der Waals surface area contributed by atoms with Crippen LogP contribution >= 0.6 is 39.1 Å². The van der Waals surface area contributed by atoms with Gasteiger partial charge < -0.3 is 0 Å². The maximum absolute atomic E-state index is 6.02. The molecule has 3 aromatic rings. The lowest BCUT2D eigenvalue weighted by molar-refractivity contribution is 1.08. The molecular weight excluding hydrogens is 339 g/mol. The number of hydrogen-bond acceptors (Lipinski definition) is 3. The van der Waals surface area contributed by atoms with Gasteiger partial charge in [-0.15, -0.1) is 10.2 Å². The van der Waals surface area contributed by atoms with Crippen molar-refractivity contribution in [2.24, 2.45) is 0 Å². The van der Waals surface area contributed by atoms with Crippen LogP contribution in [0.1, 0.15) is 0 Å². The van der Waals surface area contributed by atoms with Gasteiger partial charge in [-0.3, -0.25) is 4.40 Å². The Labute approximate surface area is 121 Å². The van der Waals surface area contributed by atoms with E-state index in [-0.39, 0.29) is 0 Å². The molecule has 0 atom stereocenters. The summed E-state index contributed by atoms with van der Waals surface area (Å²) < 4.78 is 2.63. The molecule has 90 valence electrons. The van der Waals surface area contributed by atoms with E-state index >= 15 is 0 Å². The van der Waals surface area contributed by atoms with Gasteiger partial charge in [0, 0.05) is 21.1 Å². The minimum absolute atomic E-state index is 0.383. The largest absolute Gasteiger partial charge is 0.265 e. The number of fused-ring (bicyclic) bond motifs is 1. The van der Waals surface area contributed by atoms with Crippen LogP contribution < -0.4 is 0 Å². The summed E-state index contributed by atoms with van der Waals surface area (Å²) in [6.45, 7) is 0. The maximum Gasteiger partial charge on any atom is 0.169 e. The molecule has 1 aromatic carbocycles. The van der Waals surface area contributed by atoms with Crippen molar-refractivity contribution in [2.45, 2.75) is 0 Å². The first-order valence-electron chi connectivity index (χ1n) is 4.96. The van der Waals surface area contributed by atoms with Crippen molar-refractivity contribution < 1.29 is 0 Å². The zero-order valence-electron chi connectivity index (χ0n) is 8.81. The van der Waals surface area contributed by atoms with Crippen LogP contribution in [0.15, 0.2) is 35.1 Å². The van der Waals surface area contributed by atoms with Crippen molar-refractivity contribution in [1.82, 2.24) is 19.6 Å². The van der Waals surface area contributed by atoms with Crippen molar-refractivity contribution in [2.75, 3.05) is 0 Å². The molecule has 18 heavy (non-hydrogen) atoms. The second-order valence-corrected chi connectivity index (χ2v) is 5.36. The van der Waals surface area contributed by atoms with E-state index in [1.807, 2.05) is 18.2 Å². The number of hydrogen-bond donors (Lipinski definition) is 0. The summed E-state index contributed by atoms with van der Waals surface area (Å²) in [7, 11) is 0. The van der Waals surface area contributed by atoms with Crippen molar-refractivity contribution in [3.05, 3.63) is 45.2 Å². The first-order valence-corrected chi connectivity index (χ1v) is 6.51. The van der Waals surface area contributed by atoms with Crippen LogP contribution in [0.5, 0.6) is 0 Å². The lowest BCUT2D eigenvalue weighted by Crippen LogP contribution is -1.91. The van der Waals surface area contributed by atoms with Gasteiger partial charge in [-0.25, -0.2) is 4.98 Å². The van der Waals surface area contributed by atoms with Gasteiger partial charge in [-0.1, -0.05) is 39.1 Å². The van der Waals surface area contributed by atoms with Crippen LogP contribution in [0.25, 0.3) is 17.0 Å². The van der Waals surface area contributed by atoms with Gasteiger partial charge in [0.2, 0.25) is 0 Å². The van der Waals surface area contributed by atoms with E-state index < -0.39 is 0 Å².